The first-order chi connectivity index (χ1) is 13.1. The van der Waals surface area contributed by atoms with E-state index < -0.39 is 0 Å². The fourth-order valence-electron chi connectivity index (χ4n) is 2.49. The Kier molecular flexibility index (Phi) is 13.0. The summed E-state index contributed by atoms with van der Waals surface area (Å²) < 4.78 is 11.5. The first-order valence-electron chi connectivity index (χ1n) is 9.23. The molecule has 0 fully saturated rings. The van der Waals surface area contributed by atoms with Crippen molar-refractivity contribution in [2.24, 2.45) is 0 Å². The minimum atomic E-state index is 0. The average molecular weight is 467 g/mol. The molecule has 0 atom stereocenters. The molecule has 0 aliphatic rings. The summed E-state index contributed by atoms with van der Waals surface area (Å²) in [6, 6.07) is 11.0. The lowest BCUT2D eigenvalue weighted by Gasteiger charge is -2.14. The third kappa shape index (κ3) is 9.21. The smallest absolute Gasteiger partial charge is 0.124 e. The van der Waals surface area contributed by atoms with Gasteiger partial charge < -0.3 is 14.8 Å². The largest absolute Gasteiger partial charge is 0.489 e. The normalized spacial score (nSPS) is 10.6. The zero-order valence-electron chi connectivity index (χ0n) is 16.0. The Morgan fingerprint density at radius 1 is 0.893 bits per heavy atom. The van der Waals surface area contributed by atoms with Crippen LogP contribution in [0.25, 0.3) is 0 Å². The van der Waals surface area contributed by atoms with Crippen LogP contribution in [-0.2, 0) is 17.9 Å². The molecule has 2 aromatic carbocycles. The zero-order chi connectivity index (χ0) is 19.5. The Balaban J connectivity index is 0.00000392. The summed E-state index contributed by atoms with van der Waals surface area (Å²) in [7, 11) is 0. The highest BCUT2D eigenvalue weighted by Gasteiger charge is 2.07. The molecule has 0 heterocycles. The summed E-state index contributed by atoms with van der Waals surface area (Å²) in [6.45, 7) is 5.71. The van der Waals surface area contributed by atoms with Gasteiger partial charge in [-0.15, -0.1) is 12.4 Å². The first-order valence-corrected chi connectivity index (χ1v) is 10.4. The second-order valence-corrected chi connectivity index (χ2v) is 7.55. The maximum Gasteiger partial charge on any atom is 0.124 e. The molecule has 0 saturated heterocycles. The van der Waals surface area contributed by atoms with Gasteiger partial charge in [0, 0.05) is 46.0 Å². The topological polar surface area (TPSA) is 30.5 Å². The maximum atomic E-state index is 6.21. The van der Waals surface area contributed by atoms with Gasteiger partial charge in [0.1, 0.15) is 12.4 Å². The van der Waals surface area contributed by atoms with E-state index in [-0.39, 0.29) is 12.4 Å². The van der Waals surface area contributed by atoms with Gasteiger partial charge in [-0.1, -0.05) is 54.2 Å². The average Bonchev–Trinajstić information content (AvgIpc) is 2.64. The van der Waals surface area contributed by atoms with Crippen molar-refractivity contribution in [2.45, 2.75) is 39.3 Å². The van der Waals surface area contributed by atoms with Gasteiger partial charge in [-0.3, -0.25) is 0 Å². The van der Waals surface area contributed by atoms with Crippen LogP contribution in [0.3, 0.4) is 0 Å². The van der Waals surface area contributed by atoms with Gasteiger partial charge in [-0.25, -0.2) is 0 Å². The van der Waals surface area contributed by atoms with Gasteiger partial charge in [-0.2, -0.15) is 0 Å². The molecule has 0 aliphatic heterocycles. The number of halogens is 4. The van der Waals surface area contributed by atoms with Crippen LogP contribution < -0.4 is 10.1 Å². The van der Waals surface area contributed by atoms with E-state index in [4.69, 9.17) is 44.3 Å². The van der Waals surface area contributed by atoms with Crippen LogP contribution in [0.15, 0.2) is 36.4 Å². The van der Waals surface area contributed by atoms with Crippen LogP contribution >= 0.6 is 47.2 Å². The predicted octanol–water partition coefficient (Wildman–Crippen LogP) is 6.94. The molecular formula is C21H27Cl4NO2. The lowest BCUT2D eigenvalue weighted by atomic mass is 10.2. The molecular weight excluding hydrogens is 440 g/mol. The van der Waals surface area contributed by atoms with Crippen LogP contribution in [0.4, 0.5) is 0 Å². The van der Waals surface area contributed by atoms with E-state index >= 15 is 0 Å². The zero-order valence-corrected chi connectivity index (χ0v) is 19.1. The molecule has 0 bridgehead atoms. The van der Waals surface area contributed by atoms with Crippen LogP contribution in [0.5, 0.6) is 5.75 Å². The summed E-state index contributed by atoms with van der Waals surface area (Å²) in [4.78, 5) is 0. The van der Waals surface area contributed by atoms with Crippen molar-refractivity contribution >= 4 is 47.2 Å². The molecule has 0 unspecified atom stereocenters. The number of rotatable bonds is 12. The number of hydrogen-bond donors (Lipinski definition) is 1. The molecule has 0 saturated carbocycles. The maximum absolute atomic E-state index is 6.21. The minimum absolute atomic E-state index is 0. The van der Waals surface area contributed by atoms with E-state index in [1.165, 1.54) is 0 Å². The monoisotopic (exact) mass is 465 g/mol. The quantitative estimate of drug-likeness (QED) is 0.343. The van der Waals surface area contributed by atoms with E-state index in [0.717, 1.165) is 55.9 Å². The Bertz CT molecular complexity index is 713. The number of benzene rings is 2. The second kappa shape index (κ2) is 14.3. The lowest BCUT2D eigenvalue weighted by Crippen LogP contribution is -2.17. The summed E-state index contributed by atoms with van der Waals surface area (Å²) in [5.74, 6) is 0.789. The SMILES string of the molecule is CCCCOCCCNCc1cc(Cl)ccc1OCc1ccc(Cl)cc1Cl.Cl. The fraction of sp³-hybridized carbons (Fsp3) is 0.429. The van der Waals surface area contributed by atoms with Crippen molar-refractivity contribution < 1.29 is 9.47 Å². The fourth-order valence-corrected chi connectivity index (χ4v) is 3.15. The molecule has 2 aromatic rings. The Hall–Kier alpha value is -0.680. The van der Waals surface area contributed by atoms with Gasteiger partial charge in [0.2, 0.25) is 0 Å². The van der Waals surface area contributed by atoms with Crippen LogP contribution in [0.1, 0.15) is 37.3 Å². The molecule has 0 amide bonds. The van der Waals surface area contributed by atoms with Gasteiger partial charge in [0.05, 0.1) is 0 Å². The van der Waals surface area contributed by atoms with Crippen molar-refractivity contribution in [3.63, 3.8) is 0 Å². The first kappa shape index (κ1) is 25.4. The third-order valence-corrected chi connectivity index (χ3v) is 4.84. The van der Waals surface area contributed by atoms with Crippen molar-refractivity contribution in [2.75, 3.05) is 19.8 Å². The standard InChI is InChI=1S/C21H26Cl3NO2.ClH/c1-2-3-10-26-11-4-9-25-14-17-12-18(22)7-8-21(17)27-15-16-5-6-19(23)13-20(16)24;/h5-8,12-13,25H,2-4,9-11,14-15H2,1H3;1H. The van der Waals surface area contributed by atoms with Crippen molar-refractivity contribution in [1.82, 2.24) is 5.32 Å². The third-order valence-electron chi connectivity index (χ3n) is 4.02. The van der Waals surface area contributed by atoms with Crippen LogP contribution in [-0.4, -0.2) is 19.8 Å². The van der Waals surface area contributed by atoms with Gasteiger partial charge >= 0.3 is 0 Å². The summed E-state index contributed by atoms with van der Waals surface area (Å²) in [5, 5.41) is 5.31. The predicted molar refractivity (Wildman–Crippen MR) is 122 cm³/mol. The Morgan fingerprint density at radius 3 is 2.36 bits per heavy atom. The second-order valence-electron chi connectivity index (χ2n) is 6.27. The number of ether oxygens (including phenoxy) is 2. The van der Waals surface area contributed by atoms with Crippen molar-refractivity contribution in [3.8, 4) is 5.75 Å². The van der Waals surface area contributed by atoms with E-state index in [0.29, 0.717) is 28.2 Å². The summed E-state index contributed by atoms with van der Waals surface area (Å²) >= 11 is 18.3. The molecule has 0 aromatic heterocycles. The number of unbranched alkanes of at least 4 members (excludes halogenated alkanes) is 1. The molecule has 2 rings (SSSR count). The van der Waals surface area contributed by atoms with Crippen LogP contribution in [0, 0.1) is 0 Å². The Morgan fingerprint density at radius 2 is 1.61 bits per heavy atom. The molecule has 3 nitrogen and oxygen atoms in total. The van der Waals surface area contributed by atoms with Gasteiger partial charge in [-0.05, 0) is 49.7 Å². The molecule has 28 heavy (non-hydrogen) atoms. The molecule has 0 radical (unpaired) electrons. The number of hydrogen-bond acceptors (Lipinski definition) is 3. The lowest BCUT2D eigenvalue weighted by molar-refractivity contribution is 0.128. The van der Waals surface area contributed by atoms with E-state index in [2.05, 4.69) is 12.2 Å². The van der Waals surface area contributed by atoms with E-state index in [1.807, 2.05) is 24.3 Å². The van der Waals surface area contributed by atoms with E-state index in [9.17, 15) is 0 Å². The van der Waals surface area contributed by atoms with Crippen LogP contribution in [0.2, 0.25) is 15.1 Å². The van der Waals surface area contributed by atoms with Crippen molar-refractivity contribution in [1.29, 1.82) is 0 Å². The van der Waals surface area contributed by atoms with Gasteiger partial charge in [0.25, 0.3) is 0 Å². The van der Waals surface area contributed by atoms with Crippen molar-refractivity contribution in [3.05, 3.63) is 62.6 Å². The highest BCUT2D eigenvalue weighted by Crippen LogP contribution is 2.26. The molecule has 156 valence electrons. The molecule has 0 spiro atoms. The Labute approximate surface area is 189 Å². The summed E-state index contributed by atoms with van der Waals surface area (Å²) in [6.07, 6.45) is 3.26. The molecule has 7 heteroatoms. The number of nitrogens with one attached hydrogen (secondary N) is 1. The highest BCUT2D eigenvalue weighted by atomic mass is 35.5. The molecule has 1 N–H and O–H groups in total. The molecule has 0 aliphatic carbocycles. The van der Waals surface area contributed by atoms with E-state index in [1.54, 1.807) is 12.1 Å². The van der Waals surface area contributed by atoms with Gasteiger partial charge in [0.15, 0.2) is 0 Å². The minimum Gasteiger partial charge on any atom is -0.489 e. The highest BCUT2D eigenvalue weighted by molar-refractivity contribution is 6.35. The summed E-state index contributed by atoms with van der Waals surface area (Å²) in [5.41, 5.74) is 1.90.